The van der Waals surface area contributed by atoms with Crippen LogP contribution < -0.4 is 10.1 Å². The van der Waals surface area contributed by atoms with Crippen LogP contribution >= 0.6 is 11.8 Å². The van der Waals surface area contributed by atoms with Crippen molar-refractivity contribution in [2.75, 3.05) is 11.6 Å². The molecule has 3 heterocycles. The lowest BCUT2D eigenvalue weighted by Crippen LogP contribution is -2.32. The van der Waals surface area contributed by atoms with Crippen molar-refractivity contribution < 1.29 is 4.74 Å². The number of hydrogen-bond donors (Lipinski definition) is 1. The largest absolute Gasteiger partial charge is 0.480 e. The summed E-state index contributed by atoms with van der Waals surface area (Å²) < 4.78 is 8.76. The Balaban J connectivity index is 1.59. The molecule has 0 spiro atoms. The van der Waals surface area contributed by atoms with Crippen molar-refractivity contribution in [1.82, 2.24) is 14.8 Å². The first-order chi connectivity index (χ1) is 17.0. The van der Waals surface area contributed by atoms with Gasteiger partial charge >= 0.3 is 0 Å². The van der Waals surface area contributed by atoms with Crippen molar-refractivity contribution in [1.29, 1.82) is 0 Å². The van der Waals surface area contributed by atoms with Crippen molar-refractivity contribution in [3.8, 4) is 5.75 Å². The van der Waals surface area contributed by atoms with Gasteiger partial charge in [0.2, 0.25) is 11.1 Å². The van der Waals surface area contributed by atoms with Crippen molar-refractivity contribution in [3.05, 3.63) is 106 Å². The zero-order valence-corrected chi connectivity index (χ0v) is 21.1. The molecule has 0 radical (unpaired) electrons. The van der Waals surface area contributed by atoms with Crippen LogP contribution in [-0.4, -0.2) is 21.0 Å². The van der Waals surface area contributed by atoms with E-state index >= 15 is 0 Å². The van der Waals surface area contributed by atoms with Crippen LogP contribution in [0.3, 0.4) is 0 Å². The Morgan fingerprint density at radius 2 is 1.66 bits per heavy atom. The Morgan fingerprint density at radius 3 is 2.37 bits per heavy atom. The van der Waals surface area contributed by atoms with E-state index in [0.29, 0.717) is 5.92 Å². The fourth-order valence-corrected chi connectivity index (χ4v) is 5.29. The number of fused-ring (bicyclic) bond motifs is 3. The maximum atomic E-state index is 6.75. The standard InChI is InChI=1S/C29H28N4OS/c1-17(2)19-13-15-21(16-14-19)27-24-25(22-7-5-6-8-23(22)34-27)30-28-31-29(35-4)32-33(28)26(24)20-11-9-18(3)10-12-20/h5-17,26-27H,1-4H3,(H,30,31,32)/t26-,27-/m0/s1. The van der Waals surface area contributed by atoms with Gasteiger partial charge in [0, 0.05) is 11.1 Å². The van der Waals surface area contributed by atoms with E-state index in [9.17, 15) is 0 Å². The SMILES string of the molecule is CSc1nc2n(n1)[C@@H](c1ccc(C)cc1)C1=C(N2)c2ccccc2O[C@H]1c1ccc(C(C)C)cc1. The Kier molecular flexibility index (Phi) is 5.41. The van der Waals surface area contributed by atoms with E-state index in [1.54, 1.807) is 11.8 Å². The van der Waals surface area contributed by atoms with Crippen LogP contribution in [0.5, 0.6) is 5.75 Å². The zero-order valence-electron chi connectivity index (χ0n) is 20.3. The van der Waals surface area contributed by atoms with Gasteiger partial charge in [-0.15, -0.1) is 5.10 Å². The fourth-order valence-electron chi connectivity index (χ4n) is 4.94. The second kappa shape index (κ2) is 8.61. The van der Waals surface area contributed by atoms with Gasteiger partial charge in [0.15, 0.2) is 0 Å². The van der Waals surface area contributed by atoms with Gasteiger partial charge in [-0.1, -0.05) is 91.8 Å². The van der Waals surface area contributed by atoms with Crippen LogP contribution in [0.1, 0.15) is 59.7 Å². The number of anilines is 1. The van der Waals surface area contributed by atoms with Crippen molar-refractivity contribution >= 4 is 23.4 Å². The zero-order chi connectivity index (χ0) is 24.1. The molecule has 5 nitrogen and oxygen atoms in total. The number of para-hydroxylation sites is 1. The minimum atomic E-state index is -0.255. The molecule has 35 heavy (non-hydrogen) atoms. The van der Waals surface area contributed by atoms with Gasteiger partial charge in [-0.2, -0.15) is 4.98 Å². The first-order valence-electron chi connectivity index (χ1n) is 12.0. The van der Waals surface area contributed by atoms with Crippen LogP contribution in [-0.2, 0) is 0 Å². The molecule has 0 saturated heterocycles. The summed E-state index contributed by atoms with van der Waals surface area (Å²) in [5.41, 5.74) is 8.09. The fraction of sp³-hybridized carbons (Fsp3) is 0.241. The summed E-state index contributed by atoms with van der Waals surface area (Å²) in [4.78, 5) is 4.78. The first kappa shape index (κ1) is 22.0. The Labute approximate surface area is 210 Å². The number of aryl methyl sites for hydroxylation is 1. The van der Waals surface area contributed by atoms with E-state index in [0.717, 1.165) is 44.8 Å². The smallest absolute Gasteiger partial charge is 0.227 e. The first-order valence-corrected chi connectivity index (χ1v) is 13.2. The highest BCUT2D eigenvalue weighted by Crippen LogP contribution is 2.50. The van der Waals surface area contributed by atoms with Gasteiger partial charge in [-0.25, -0.2) is 4.68 Å². The summed E-state index contributed by atoms with van der Waals surface area (Å²) in [5.74, 6) is 2.10. The molecule has 2 atom stereocenters. The molecule has 2 aliphatic rings. The van der Waals surface area contributed by atoms with E-state index in [1.807, 2.05) is 23.1 Å². The molecule has 0 saturated carbocycles. The second-order valence-electron chi connectivity index (χ2n) is 9.45. The number of benzene rings is 3. The Bertz CT molecular complexity index is 1420. The predicted octanol–water partition coefficient (Wildman–Crippen LogP) is 6.99. The summed E-state index contributed by atoms with van der Waals surface area (Å²) in [6, 6.07) is 25.6. The lowest BCUT2D eigenvalue weighted by atomic mass is 9.84. The number of nitrogens with one attached hydrogen (secondary N) is 1. The van der Waals surface area contributed by atoms with E-state index in [-0.39, 0.29) is 12.1 Å². The molecule has 176 valence electrons. The van der Waals surface area contributed by atoms with Crippen LogP contribution in [0.4, 0.5) is 5.95 Å². The summed E-state index contributed by atoms with van der Waals surface area (Å²) >= 11 is 1.55. The van der Waals surface area contributed by atoms with E-state index < -0.39 is 0 Å². The van der Waals surface area contributed by atoms with Gasteiger partial charge < -0.3 is 10.1 Å². The monoisotopic (exact) mass is 480 g/mol. The molecule has 2 aliphatic heterocycles. The Morgan fingerprint density at radius 1 is 0.943 bits per heavy atom. The highest BCUT2D eigenvalue weighted by atomic mass is 32.2. The summed E-state index contributed by atoms with van der Waals surface area (Å²) in [5, 5.41) is 9.25. The van der Waals surface area contributed by atoms with Gasteiger partial charge in [0.25, 0.3) is 0 Å². The van der Waals surface area contributed by atoms with Gasteiger partial charge in [0.1, 0.15) is 17.9 Å². The van der Waals surface area contributed by atoms with Crippen molar-refractivity contribution in [2.24, 2.45) is 0 Å². The minimum absolute atomic E-state index is 0.140. The quantitative estimate of drug-likeness (QED) is 0.319. The van der Waals surface area contributed by atoms with E-state index in [4.69, 9.17) is 14.8 Å². The number of nitrogens with zero attached hydrogens (tertiary/aromatic N) is 3. The second-order valence-corrected chi connectivity index (χ2v) is 10.2. The molecular formula is C29H28N4OS. The molecular weight excluding hydrogens is 452 g/mol. The van der Waals surface area contributed by atoms with Crippen LogP contribution in [0, 0.1) is 6.92 Å². The normalized spacial score (nSPS) is 18.4. The van der Waals surface area contributed by atoms with E-state index in [1.165, 1.54) is 11.1 Å². The molecule has 6 rings (SSSR count). The van der Waals surface area contributed by atoms with Gasteiger partial charge in [0.05, 0.1) is 5.70 Å². The van der Waals surface area contributed by atoms with Crippen molar-refractivity contribution in [2.45, 2.75) is 44.0 Å². The van der Waals surface area contributed by atoms with E-state index in [2.05, 4.69) is 86.8 Å². The number of rotatable bonds is 4. The molecule has 0 fully saturated rings. The third kappa shape index (κ3) is 3.73. The van der Waals surface area contributed by atoms with Crippen LogP contribution in [0.25, 0.3) is 5.70 Å². The topological polar surface area (TPSA) is 52.0 Å². The number of ether oxygens (including phenoxy) is 1. The molecule has 3 aromatic carbocycles. The van der Waals surface area contributed by atoms with Crippen LogP contribution in [0.2, 0.25) is 0 Å². The molecule has 6 heteroatoms. The predicted molar refractivity (Wildman–Crippen MR) is 142 cm³/mol. The highest BCUT2D eigenvalue weighted by molar-refractivity contribution is 7.98. The number of hydrogen-bond acceptors (Lipinski definition) is 5. The number of thioether (sulfide) groups is 1. The molecule has 0 aliphatic carbocycles. The summed E-state index contributed by atoms with van der Waals surface area (Å²) in [6.45, 7) is 6.55. The lowest BCUT2D eigenvalue weighted by molar-refractivity contribution is 0.223. The molecule has 1 N–H and O–H groups in total. The molecule has 0 amide bonds. The molecule has 4 aromatic rings. The van der Waals surface area contributed by atoms with Gasteiger partial charge in [-0.05, 0) is 47.9 Å². The number of aromatic nitrogens is 3. The molecule has 1 aromatic heterocycles. The average molecular weight is 481 g/mol. The Hall–Kier alpha value is -3.51. The third-order valence-corrected chi connectivity index (χ3v) is 7.38. The lowest BCUT2D eigenvalue weighted by Gasteiger charge is -2.39. The highest BCUT2D eigenvalue weighted by Gasteiger charge is 2.41. The third-order valence-electron chi connectivity index (χ3n) is 6.84. The maximum absolute atomic E-state index is 6.75. The van der Waals surface area contributed by atoms with Gasteiger partial charge in [-0.3, -0.25) is 0 Å². The maximum Gasteiger partial charge on any atom is 0.227 e. The molecule has 0 unspecified atom stereocenters. The average Bonchev–Trinajstić information content (AvgIpc) is 3.30. The summed E-state index contributed by atoms with van der Waals surface area (Å²) in [6.07, 6.45) is 1.75. The summed E-state index contributed by atoms with van der Waals surface area (Å²) in [7, 11) is 0. The molecule has 0 bridgehead atoms. The van der Waals surface area contributed by atoms with Crippen molar-refractivity contribution in [3.63, 3.8) is 0 Å². The minimum Gasteiger partial charge on any atom is -0.480 e. The van der Waals surface area contributed by atoms with Crippen LogP contribution in [0.15, 0.2) is 83.5 Å².